The number of benzene rings is 1. The van der Waals surface area contributed by atoms with Crippen LogP contribution < -0.4 is 5.32 Å². The Labute approximate surface area is 147 Å². The van der Waals surface area contributed by atoms with Crippen molar-refractivity contribution in [3.8, 4) is 0 Å². The van der Waals surface area contributed by atoms with E-state index in [2.05, 4.69) is 20.2 Å². The van der Waals surface area contributed by atoms with E-state index in [0.717, 1.165) is 5.82 Å². The highest BCUT2D eigenvalue weighted by atomic mass is 19.1. The van der Waals surface area contributed by atoms with E-state index in [0.29, 0.717) is 50.8 Å². The van der Waals surface area contributed by atoms with Crippen molar-refractivity contribution >= 4 is 5.82 Å². The first-order chi connectivity index (χ1) is 12.3. The minimum Gasteiger partial charge on any atom is -0.383 e. The molecule has 1 atom stereocenters. The molecule has 2 aromatic rings. The van der Waals surface area contributed by atoms with Crippen LogP contribution in [0.25, 0.3) is 0 Å². The lowest BCUT2D eigenvalue weighted by Crippen LogP contribution is -2.40. The van der Waals surface area contributed by atoms with Crippen molar-refractivity contribution in [3.05, 3.63) is 53.7 Å². The van der Waals surface area contributed by atoms with Crippen LogP contribution in [-0.4, -0.2) is 54.9 Å². The number of ether oxygens (including phenoxy) is 2. The Morgan fingerprint density at radius 1 is 1.36 bits per heavy atom. The number of nitrogens with zero attached hydrogens (tertiary/aromatic N) is 3. The number of anilines is 1. The lowest BCUT2D eigenvalue weighted by Gasteiger charge is -2.34. The zero-order valence-corrected chi connectivity index (χ0v) is 14.3. The van der Waals surface area contributed by atoms with E-state index >= 15 is 0 Å². The summed E-state index contributed by atoms with van der Waals surface area (Å²) in [6, 6.07) is 8.58. The van der Waals surface area contributed by atoms with Gasteiger partial charge in [-0.05, 0) is 12.1 Å². The molecular weight excluding hydrogens is 323 g/mol. The van der Waals surface area contributed by atoms with Crippen molar-refractivity contribution in [2.24, 2.45) is 0 Å². The first-order valence-electron chi connectivity index (χ1n) is 8.39. The Kier molecular flexibility index (Phi) is 6.27. The Morgan fingerprint density at radius 2 is 2.24 bits per heavy atom. The van der Waals surface area contributed by atoms with Crippen LogP contribution in [-0.2, 0) is 16.0 Å². The Hall–Kier alpha value is -2.09. The molecular formula is C18H23FN4O2. The molecule has 0 saturated carbocycles. The third-order valence-corrected chi connectivity index (χ3v) is 4.16. The third kappa shape index (κ3) is 4.72. The number of nitrogens with one attached hydrogen (secondary N) is 1. The molecule has 1 N–H and O–H groups in total. The summed E-state index contributed by atoms with van der Waals surface area (Å²) >= 11 is 0. The molecule has 0 spiro atoms. The lowest BCUT2D eigenvalue weighted by molar-refractivity contribution is -0.0163. The lowest BCUT2D eigenvalue weighted by atomic mass is 10.1. The monoisotopic (exact) mass is 346 g/mol. The fraction of sp³-hybridized carbons (Fsp3) is 0.444. The van der Waals surface area contributed by atoms with Gasteiger partial charge in [0.15, 0.2) is 0 Å². The summed E-state index contributed by atoms with van der Waals surface area (Å²) in [6.45, 7) is 3.61. The highest BCUT2D eigenvalue weighted by molar-refractivity contribution is 5.33. The van der Waals surface area contributed by atoms with Gasteiger partial charge in [-0.25, -0.2) is 14.4 Å². The van der Waals surface area contributed by atoms with E-state index in [1.54, 1.807) is 19.4 Å². The molecule has 0 unspecified atom stereocenters. The van der Waals surface area contributed by atoms with Gasteiger partial charge in [-0.3, -0.25) is 4.90 Å². The molecule has 1 saturated heterocycles. The minimum atomic E-state index is -0.191. The topological polar surface area (TPSA) is 59.5 Å². The second-order valence-corrected chi connectivity index (χ2v) is 5.87. The Bertz CT molecular complexity index is 686. The van der Waals surface area contributed by atoms with Crippen LogP contribution in [0.2, 0.25) is 0 Å². The number of halogens is 1. The van der Waals surface area contributed by atoms with Gasteiger partial charge in [-0.15, -0.1) is 0 Å². The maximum absolute atomic E-state index is 14.0. The van der Waals surface area contributed by atoms with Crippen LogP contribution in [0, 0.1) is 5.82 Å². The van der Waals surface area contributed by atoms with Gasteiger partial charge in [0, 0.05) is 38.5 Å². The second kappa shape index (κ2) is 8.84. The minimum absolute atomic E-state index is 0.0995. The summed E-state index contributed by atoms with van der Waals surface area (Å²) in [5.74, 6) is 1.24. The van der Waals surface area contributed by atoms with Crippen LogP contribution in [0.5, 0.6) is 0 Å². The highest BCUT2D eigenvalue weighted by Gasteiger charge is 2.27. The quantitative estimate of drug-likeness (QED) is 0.776. The number of rotatable bonds is 7. The summed E-state index contributed by atoms with van der Waals surface area (Å²) in [5, 5.41) is 3.20. The van der Waals surface area contributed by atoms with E-state index in [9.17, 15) is 4.39 Å². The summed E-state index contributed by atoms with van der Waals surface area (Å²) in [5.41, 5.74) is 0.670. The van der Waals surface area contributed by atoms with Crippen molar-refractivity contribution in [1.29, 1.82) is 0 Å². The molecule has 134 valence electrons. The summed E-state index contributed by atoms with van der Waals surface area (Å²) in [7, 11) is 1.66. The van der Waals surface area contributed by atoms with Crippen molar-refractivity contribution in [3.63, 3.8) is 0 Å². The number of hydrogen-bond donors (Lipinski definition) is 1. The fourth-order valence-corrected chi connectivity index (χ4v) is 2.82. The molecule has 0 aliphatic carbocycles. The van der Waals surface area contributed by atoms with E-state index in [4.69, 9.17) is 9.47 Å². The van der Waals surface area contributed by atoms with Gasteiger partial charge in [0.2, 0.25) is 0 Å². The molecule has 2 heterocycles. The van der Waals surface area contributed by atoms with E-state index in [-0.39, 0.29) is 11.9 Å². The molecule has 0 bridgehead atoms. The number of morpholine rings is 1. The molecule has 1 aliphatic rings. The molecule has 7 heteroatoms. The molecule has 25 heavy (non-hydrogen) atoms. The van der Waals surface area contributed by atoms with Crippen molar-refractivity contribution in [2.45, 2.75) is 12.6 Å². The molecule has 6 nitrogen and oxygen atoms in total. The molecule has 1 aliphatic heterocycles. The Balaban J connectivity index is 1.74. The van der Waals surface area contributed by atoms with Crippen molar-refractivity contribution in [1.82, 2.24) is 14.9 Å². The predicted octanol–water partition coefficient (Wildman–Crippen LogP) is 2.25. The third-order valence-electron chi connectivity index (χ3n) is 4.16. The van der Waals surface area contributed by atoms with Crippen LogP contribution in [0.3, 0.4) is 0 Å². The normalized spacial score (nSPS) is 18.2. The van der Waals surface area contributed by atoms with Gasteiger partial charge < -0.3 is 14.8 Å². The van der Waals surface area contributed by atoms with E-state index in [1.807, 2.05) is 18.2 Å². The number of aromatic nitrogens is 2. The molecule has 3 rings (SSSR count). The second-order valence-electron chi connectivity index (χ2n) is 5.87. The summed E-state index contributed by atoms with van der Waals surface area (Å²) < 4.78 is 24.7. The smallest absolute Gasteiger partial charge is 0.150 e. The first kappa shape index (κ1) is 17.7. The van der Waals surface area contributed by atoms with Gasteiger partial charge in [0.05, 0.1) is 25.9 Å². The maximum Gasteiger partial charge on any atom is 0.150 e. The zero-order chi connectivity index (χ0) is 17.5. The SMILES string of the molecule is COCCNc1ccnc([C@H]2COCCN2Cc2ccccc2F)n1. The first-order valence-corrected chi connectivity index (χ1v) is 8.39. The molecule has 1 fully saturated rings. The molecule has 0 amide bonds. The zero-order valence-electron chi connectivity index (χ0n) is 14.3. The van der Waals surface area contributed by atoms with Gasteiger partial charge in [0.25, 0.3) is 0 Å². The number of hydrogen-bond acceptors (Lipinski definition) is 6. The van der Waals surface area contributed by atoms with Gasteiger partial charge in [-0.2, -0.15) is 0 Å². The predicted molar refractivity (Wildman–Crippen MR) is 92.8 cm³/mol. The van der Waals surface area contributed by atoms with Gasteiger partial charge in [-0.1, -0.05) is 18.2 Å². The van der Waals surface area contributed by atoms with E-state index in [1.165, 1.54) is 6.07 Å². The highest BCUT2D eigenvalue weighted by Crippen LogP contribution is 2.24. The standard InChI is InChI=1S/C18H23FN4O2/c1-24-10-8-20-17-6-7-21-18(22-17)16-13-25-11-9-23(16)12-14-4-2-3-5-15(14)19/h2-7,16H,8-13H2,1H3,(H,20,21,22)/t16-/m1/s1. The largest absolute Gasteiger partial charge is 0.383 e. The van der Waals surface area contributed by atoms with Gasteiger partial charge >= 0.3 is 0 Å². The fourth-order valence-electron chi connectivity index (χ4n) is 2.82. The van der Waals surface area contributed by atoms with Crippen molar-refractivity contribution in [2.75, 3.05) is 45.3 Å². The molecule has 0 radical (unpaired) electrons. The molecule has 1 aromatic heterocycles. The van der Waals surface area contributed by atoms with Crippen LogP contribution >= 0.6 is 0 Å². The average Bonchev–Trinajstić information content (AvgIpc) is 2.65. The maximum atomic E-state index is 14.0. The molecule has 1 aromatic carbocycles. The average molecular weight is 346 g/mol. The van der Waals surface area contributed by atoms with Crippen LogP contribution in [0.1, 0.15) is 17.4 Å². The number of methoxy groups -OCH3 is 1. The van der Waals surface area contributed by atoms with E-state index < -0.39 is 0 Å². The summed E-state index contributed by atoms with van der Waals surface area (Å²) in [6.07, 6.45) is 1.73. The van der Waals surface area contributed by atoms with Crippen molar-refractivity contribution < 1.29 is 13.9 Å². The van der Waals surface area contributed by atoms with Crippen LogP contribution in [0.15, 0.2) is 36.5 Å². The Morgan fingerprint density at radius 3 is 3.08 bits per heavy atom. The van der Waals surface area contributed by atoms with Crippen LogP contribution in [0.4, 0.5) is 10.2 Å². The summed E-state index contributed by atoms with van der Waals surface area (Å²) in [4.78, 5) is 11.2. The van der Waals surface area contributed by atoms with Gasteiger partial charge in [0.1, 0.15) is 17.5 Å².